The predicted octanol–water partition coefficient (Wildman–Crippen LogP) is 5.88. The van der Waals surface area contributed by atoms with E-state index in [9.17, 15) is 4.79 Å². The number of hydrogen-bond donors (Lipinski definition) is 2. The topological polar surface area (TPSA) is 88.9 Å². The van der Waals surface area contributed by atoms with Gasteiger partial charge in [-0.05, 0) is 85.9 Å². The van der Waals surface area contributed by atoms with Crippen molar-refractivity contribution in [1.82, 2.24) is 10.3 Å². The van der Waals surface area contributed by atoms with Gasteiger partial charge in [0.15, 0.2) is 5.11 Å². The molecular formula is C29H28N4O4S. The quantitative estimate of drug-likeness (QED) is 0.274. The Labute approximate surface area is 226 Å². The SMILES string of the molecule is CCOc1ccc(-c2ccc([C@H]3[C@H](c4ccccn4)NC(=S)N3c3ccc(OC)c(NC(C)=O)c3)o2)cc1. The summed E-state index contributed by atoms with van der Waals surface area (Å²) in [6.45, 7) is 4.02. The van der Waals surface area contributed by atoms with Crippen LogP contribution in [-0.2, 0) is 4.79 Å². The maximum Gasteiger partial charge on any atom is 0.221 e. The standard InChI is InChI=1S/C29H28N4O4S/c1-4-36-21-11-8-19(9-12-21)24-14-15-26(37-24)28-27(22-7-5-6-16-30-22)32-29(38)33(28)20-10-13-25(35-3)23(17-20)31-18(2)34/h5-17,27-28H,4H2,1-3H3,(H,31,34)(H,32,38)/t27-,28-/m0/s1. The lowest BCUT2D eigenvalue weighted by Crippen LogP contribution is -2.29. The number of carbonyl (C=O) groups excluding carboxylic acids is 1. The fourth-order valence-electron chi connectivity index (χ4n) is 4.60. The second kappa shape index (κ2) is 10.9. The first-order valence-electron chi connectivity index (χ1n) is 12.3. The molecule has 1 fully saturated rings. The molecule has 1 saturated heterocycles. The molecule has 194 valence electrons. The van der Waals surface area contributed by atoms with Crippen molar-refractivity contribution >= 4 is 34.6 Å². The van der Waals surface area contributed by atoms with Gasteiger partial charge in [-0.2, -0.15) is 0 Å². The second-order valence-corrected chi connectivity index (χ2v) is 9.11. The highest BCUT2D eigenvalue weighted by atomic mass is 32.1. The van der Waals surface area contributed by atoms with Gasteiger partial charge in [0.2, 0.25) is 5.91 Å². The average Bonchev–Trinajstić information content (AvgIpc) is 3.54. The summed E-state index contributed by atoms with van der Waals surface area (Å²) < 4.78 is 17.5. The van der Waals surface area contributed by atoms with E-state index in [4.69, 9.17) is 26.1 Å². The molecule has 2 N–H and O–H groups in total. The molecule has 1 aliphatic heterocycles. The molecule has 3 heterocycles. The number of nitrogens with one attached hydrogen (secondary N) is 2. The Morgan fingerprint density at radius 2 is 1.95 bits per heavy atom. The predicted molar refractivity (Wildman–Crippen MR) is 151 cm³/mol. The minimum absolute atomic E-state index is 0.198. The summed E-state index contributed by atoms with van der Waals surface area (Å²) in [5.74, 6) is 2.61. The maximum atomic E-state index is 11.8. The third-order valence-corrected chi connectivity index (χ3v) is 6.55. The van der Waals surface area contributed by atoms with Gasteiger partial charge < -0.3 is 29.4 Å². The molecule has 2 aromatic carbocycles. The smallest absolute Gasteiger partial charge is 0.221 e. The minimum Gasteiger partial charge on any atom is -0.495 e. The van der Waals surface area contributed by atoms with Crippen molar-refractivity contribution < 1.29 is 18.7 Å². The summed E-state index contributed by atoms with van der Waals surface area (Å²) in [4.78, 5) is 18.4. The van der Waals surface area contributed by atoms with Crippen LogP contribution in [0.15, 0.2) is 83.4 Å². The highest BCUT2D eigenvalue weighted by Gasteiger charge is 2.42. The Morgan fingerprint density at radius 1 is 1.13 bits per heavy atom. The third kappa shape index (κ3) is 5.05. The van der Waals surface area contributed by atoms with E-state index in [1.807, 2.05) is 84.6 Å². The number of methoxy groups -OCH3 is 1. The number of benzene rings is 2. The lowest BCUT2D eigenvalue weighted by molar-refractivity contribution is -0.114. The Balaban J connectivity index is 1.56. The Bertz CT molecular complexity index is 1440. The summed E-state index contributed by atoms with van der Waals surface area (Å²) in [5, 5.41) is 6.78. The van der Waals surface area contributed by atoms with Crippen LogP contribution in [0.5, 0.6) is 11.5 Å². The van der Waals surface area contributed by atoms with E-state index in [2.05, 4.69) is 15.6 Å². The minimum atomic E-state index is -0.340. The largest absolute Gasteiger partial charge is 0.495 e. The molecule has 2 aromatic heterocycles. The van der Waals surface area contributed by atoms with Crippen molar-refractivity contribution in [2.75, 3.05) is 23.9 Å². The monoisotopic (exact) mass is 528 g/mol. The van der Waals surface area contributed by atoms with Gasteiger partial charge in [0.1, 0.15) is 29.1 Å². The van der Waals surface area contributed by atoms with Crippen molar-refractivity contribution in [3.05, 3.63) is 90.4 Å². The lowest BCUT2D eigenvalue weighted by atomic mass is 10.0. The van der Waals surface area contributed by atoms with E-state index in [0.717, 1.165) is 28.5 Å². The van der Waals surface area contributed by atoms with Crippen molar-refractivity contribution in [2.45, 2.75) is 25.9 Å². The number of ether oxygens (including phenoxy) is 2. The van der Waals surface area contributed by atoms with Crippen molar-refractivity contribution in [3.8, 4) is 22.8 Å². The number of hydrogen-bond acceptors (Lipinski definition) is 6. The van der Waals surface area contributed by atoms with Crippen LogP contribution in [0.25, 0.3) is 11.3 Å². The van der Waals surface area contributed by atoms with Crippen molar-refractivity contribution in [2.24, 2.45) is 0 Å². The summed E-state index contributed by atoms with van der Waals surface area (Å²) >= 11 is 5.82. The molecule has 9 heteroatoms. The van der Waals surface area contributed by atoms with Crippen molar-refractivity contribution in [3.63, 3.8) is 0 Å². The number of pyridine rings is 1. The van der Waals surface area contributed by atoms with Gasteiger partial charge in [-0.3, -0.25) is 9.78 Å². The number of aromatic nitrogens is 1. The molecule has 2 atom stereocenters. The summed E-state index contributed by atoms with van der Waals surface area (Å²) in [6, 6.07) is 22.5. The Hall–Kier alpha value is -4.37. The maximum absolute atomic E-state index is 11.8. The molecular weight excluding hydrogens is 500 g/mol. The van der Waals surface area contributed by atoms with Crippen LogP contribution in [0, 0.1) is 0 Å². The number of rotatable bonds is 8. The van der Waals surface area contributed by atoms with E-state index in [1.165, 1.54) is 6.92 Å². The zero-order chi connectivity index (χ0) is 26.6. The fourth-order valence-corrected chi connectivity index (χ4v) is 4.95. The summed E-state index contributed by atoms with van der Waals surface area (Å²) in [6.07, 6.45) is 1.76. The normalized spacial score (nSPS) is 16.7. The van der Waals surface area contributed by atoms with Crippen LogP contribution in [0.2, 0.25) is 0 Å². The van der Waals surface area contributed by atoms with Crippen LogP contribution in [0.1, 0.15) is 37.4 Å². The van der Waals surface area contributed by atoms with Gasteiger partial charge in [0.05, 0.1) is 31.1 Å². The highest BCUT2D eigenvalue weighted by molar-refractivity contribution is 7.80. The molecule has 1 amide bonds. The van der Waals surface area contributed by atoms with Gasteiger partial charge >= 0.3 is 0 Å². The van der Waals surface area contributed by atoms with E-state index in [-0.39, 0.29) is 18.0 Å². The van der Waals surface area contributed by atoms with Crippen LogP contribution in [0.3, 0.4) is 0 Å². The molecule has 0 unspecified atom stereocenters. The van der Waals surface area contributed by atoms with Gasteiger partial charge in [-0.15, -0.1) is 0 Å². The van der Waals surface area contributed by atoms with Crippen molar-refractivity contribution in [1.29, 1.82) is 0 Å². The van der Waals surface area contributed by atoms with Crippen LogP contribution < -0.4 is 25.0 Å². The van der Waals surface area contributed by atoms with Gasteiger partial charge in [-0.1, -0.05) is 6.07 Å². The second-order valence-electron chi connectivity index (χ2n) is 8.72. The Kier molecular flexibility index (Phi) is 7.28. The van der Waals surface area contributed by atoms with E-state index in [0.29, 0.717) is 28.9 Å². The van der Waals surface area contributed by atoms with E-state index >= 15 is 0 Å². The first-order valence-corrected chi connectivity index (χ1v) is 12.7. The number of thiocarbonyl (C=S) groups is 1. The zero-order valence-corrected chi connectivity index (χ0v) is 22.1. The van der Waals surface area contributed by atoms with Gasteiger partial charge in [-0.25, -0.2) is 0 Å². The number of anilines is 2. The summed E-state index contributed by atoms with van der Waals surface area (Å²) in [7, 11) is 1.56. The number of amides is 1. The molecule has 1 aliphatic rings. The summed E-state index contributed by atoms with van der Waals surface area (Å²) in [5.41, 5.74) is 3.09. The number of carbonyl (C=O) groups is 1. The van der Waals surface area contributed by atoms with Crippen LogP contribution >= 0.6 is 12.2 Å². The fraction of sp³-hybridized carbons (Fsp3) is 0.207. The van der Waals surface area contributed by atoms with Crippen LogP contribution in [0.4, 0.5) is 11.4 Å². The first kappa shape index (κ1) is 25.3. The van der Waals surface area contributed by atoms with Gasteiger partial charge in [0.25, 0.3) is 0 Å². The molecule has 0 aliphatic carbocycles. The van der Waals surface area contributed by atoms with Crippen LogP contribution in [-0.4, -0.2) is 29.7 Å². The first-order chi connectivity index (χ1) is 18.5. The molecule has 8 nitrogen and oxygen atoms in total. The molecule has 38 heavy (non-hydrogen) atoms. The van der Waals surface area contributed by atoms with Gasteiger partial charge in [0, 0.05) is 24.4 Å². The molecule has 0 bridgehead atoms. The Morgan fingerprint density at radius 3 is 2.63 bits per heavy atom. The zero-order valence-electron chi connectivity index (χ0n) is 21.3. The molecule has 0 saturated carbocycles. The average molecular weight is 529 g/mol. The molecule has 0 spiro atoms. The molecule has 4 aromatic rings. The highest BCUT2D eigenvalue weighted by Crippen LogP contribution is 2.44. The number of furan rings is 1. The van der Waals surface area contributed by atoms with E-state index in [1.54, 1.807) is 13.3 Å². The third-order valence-electron chi connectivity index (χ3n) is 6.24. The molecule has 5 rings (SSSR count). The number of nitrogens with zero attached hydrogens (tertiary/aromatic N) is 2. The lowest BCUT2D eigenvalue weighted by Gasteiger charge is -2.27. The van der Waals surface area contributed by atoms with E-state index < -0.39 is 0 Å². The molecule has 0 radical (unpaired) electrons.